The second-order valence-electron chi connectivity index (χ2n) is 2.76. The van der Waals surface area contributed by atoms with Crippen LogP contribution < -0.4 is 29.6 Å². The molecule has 0 spiro atoms. The van der Waals surface area contributed by atoms with Crippen LogP contribution in [0.2, 0.25) is 0 Å². The van der Waals surface area contributed by atoms with Crippen LogP contribution in [0.5, 0.6) is 0 Å². The molecule has 0 amide bonds. The van der Waals surface area contributed by atoms with E-state index in [2.05, 4.69) is 4.18 Å². The summed E-state index contributed by atoms with van der Waals surface area (Å²) in [6.07, 6.45) is 4.06. The van der Waals surface area contributed by atoms with E-state index in [9.17, 15) is 13.0 Å². The zero-order valence-corrected chi connectivity index (χ0v) is 9.97. The molecule has 6 heteroatoms. The van der Waals surface area contributed by atoms with Crippen molar-refractivity contribution in [2.24, 2.45) is 0 Å². The van der Waals surface area contributed by atoms with Gasteiger partial charge in [0.25, 0.3) is 0 Å². The summed E-state index contributed by atoms with van der Waals surface area (Å²) in [6, 6.07) is 0. The molecule has 0 unspecified atom stereocenters. The second kappa shape index (κ2) is 5.57. The summed E-state index contributed by atoms with van der Waals surface area (Å²) in [4.78, 5) is 0. The molecule has 1 rings (SSSR count). The fraction of sp³-hybridized carbons (Fsp3) is 1.00. The fourth-order valence-corrected chi connectivity index (χ4v) is 1.85. The van der Waals surface area contributed by atoms with Crippen LogP contribution in [-0.4, -0.2) is 19.1 Å². The zero-order valence-electron chi connectivity index (χ0n) is 7.15. The molecule has 0 aliphatic heterocycles. The van der Waals surface area contributed by atoms with E-state index in [1.807, 2.05) is 0 Å². The van der Waals surface area contributed by atoms with E-state index in [1.165, 1.54) is 0 Å². The third kappa shape index (κ3) is 5.50. The summed E-state index contributed by atoms with van der Waals surface area (Å²) in [7, 11) is -4.47. The van der Waals surface area contributed by atoms with Gasteiger partial charge in [0.05, 0.1) is 6.10 Å². The van der Waals surface area contributed by atoms with Gasteiger partial charge in [0.15, 0.2) is 0 Å². The van der Waals surface area contributed by atoms with Gasteiger partial charge < -0.3 is 4.55 Å². The molecular formula is C6H11NaO4S. The monoisotopic (exact) mass is 202 g/mol. The van der Waals surface area contributed by atoms with Crippen LogP contribution in [0.3, 0.4) is 0 Å². The molecule has 0 heterocycles. The third-order valence-corrected chi connectivity index (χ3v) is 2.31. The van der Waals surface area contributed by atoms with Gasteiger partial charge in [-0.15, -0.1) is 0 Å². The SMILES string of the molecule is O=S(=O)([O-])OC1CCCCC1.[Na+]. The average molecular weight is 202 g/mol. The number of hydrogen-bond acceptors (Lipinski definition) is 4. The Balaban J connectivity index is 0.00000121. The summed E-state index contributed by atoms with van der Waals surface area (Å²) in [5.41, 5.74) is 0. The summed E-state index contributed by atoms with van der Waals surface area (Å²) in [5.74, 6) is 0. The van der Waals surface area contributed by atoms with Crippen molar-refractivity contribution >= 4 is 10.4 Å². The second-order valence-corrected chi connectivity index (χ2v) is 3.77. The van der Waals surface area contributed by atoms with Gasteiger partial charge in [-0.1, -0.05) is 19.3 Å². The minimum Gasteiger partial charge on any atom is -0.726 e. The van der Waals surface area contributed by atoms with Crippen molar-refractivity contribution in [1.82, 2.24) is 0 Å². The molecule has 66 valence electrons. The van der Waals surface area contributed by atoms with Gasteiger partial charge in [-0.05, 0) is 12.8 Å². The third-order valence-electron chi connectivity index (χ3n) is 1.81. The van der Waals surface area contributed by atoms with E-state index in [4.69, 9.17) is 0 Å². The largest absolute Gasteiger partial charge is 1.00 e. The molecule has 0 aromatic rings. The molecule has 1 aliphatic rings. The normalized spacial score (nSPS) is 20.1. The molecule has 0 saturated heterocycles. The maximum absolute atomic E-state index is 10.1. The minimum absolute atomic E-state index is 0. The first-order chi connectivity index (χ1) is 5.08. The summed E-state index contributed by atoms with van der Waals surface area (Å²) < 4.78 is 34.7. The zero-order chi connectivity index (χ0) is 8.32. The van der Waals surface area contributed by atoms with Gasteiger partial charge in [0.2, 0.25) is 10.4 Å². The van der Waals surface area contributed by atoms with Crippen LogP contribution in [0.1, 0.15) is 32.1 Å². The van der Waals surface area contributed by atoms with Crippen LogP contribution in [0.15, 0.2) is 0 Å². The van der Waals surface area contributed by atoms with Gasteiger partial charge in [0.1, 0.15) is 0 Å². The molecule has 0 bridgehead atoms. The Morgan fingerprint density at radius 2 is 1.67 bits per heavy atom. The van der Waals surface area contributed by atoms with Crippen molar-refractivity contribution in [2.45, 2.75) is 38.2 Å². The Labute approximate surface area is 94.9 Å². The standard InChI is InChI=1S/C6H12O4S.Na/c7-11(8,9)10-6-4-2-1-3-5-6;/h6H,1-5H2,(H,7,8,9);/q;+1/p-1. The van der Waals surface area contributed by atoms with Crippen molar-refractivity contribution < 1.29 is 46.7 Å². The first kappa shape index (κ1) is 12.9. The van der Waals surface area contributed by atoms with E-state index >= 15 is 0 Å². The molecule has 0 N–H and O–H groups in total. The number of rotatable bonds is 2. The van der Waals surface area contributed by atoms with E-state index in [0.29, 0.717) is 12.8 Å². The number of hydrogen-bond donors (Lipinski definition) is 0. The molecule has 0 radical (unpaired) electrons. The molecule has 0 aromatic carbocycles. The van der Waals surface area contributed by atoms with Crippen LogP contribution in [0.25, 0.3) is 0 Å². The van der Waals surface area contributed by atoms with E-state index in [0.717, 1.165) is 19.3 Å². The smallest absolute Gasteiger partial charge is 0.726 e. The molecule has 0 aromatic heterocycles. The Bertz CT molecular complexity index is 208. The van der Waals surface area contributed by atoms with Crippen molar-refractivity contribution in [1.29, 1.82) is 0 Å². The predicted molar refractivity (Wildman–Crippen MR) is 37.7 cm³/mol. The first-order valence-electron chi connectivity index (χ1n) is 3.72. The van der Waals surface area contributed by atoms with Gasteiger partial charge in [0, 0.05) is 0 Å². The Morgan fingerprint density at radius 1 is 1.17 bits per heavy atom. The van der Waals surface area contributed by atoms with E-state index in [-0.39, 0.29) is 35.7 Å². The van der Waals surface area contributed by atoms with Crippen molar-refractivity contribution in [3.05, 3.63) is 0 Å². The molecule has 1 fully saturated rings. The summed E-state index contributed by atoms with van der Waals surface area (Å²) >= 11 is 0. The Kier molecular flexibility index (Phi) is 5.97. The first-order valence-corrected chi connectivity index (χ1v) is 5.05. The van der Waals surface area contributed by atoms with Crippen molar-refractivity contribution in [2.75, 3.05) is 0 Å². The van der Waals surface area contributed by atoms with Crippen LogP contribution >= 0.6 is 0 Å². The van der Waals surface area contributed by atoms with Crippen molar-refractivity contribution in [3.63, 3.8) is 0 Å². The van der Waals surface area contributed by atoms with Crippen LogP contribution in [0, 0.1) is 0 Å². The Morgan fingerprint density at radius 3 is 2.08 bits per heavy atom. The fourth-order valence-electron chi connectivity index (χ4n) is 1.33. The average Bonchev–Trinajstić information content (AvgIpc) is 1.85. The van der Waals surface area contributed by atoms with Gasteiger partial charge in [-0.2, -0.15) is 0 Å². The van der Waals surface area contributed by atoms with Crippen LogP contribution in [-0.2, 0) is 14.6 Å². The summed E-state index contributed by atoms with van der Waals surface area (Å²) in [5, 5.41) is 0. The quantitative estimate of drug-likeness (QED) is 0.289. The maximum atomic E-state index is 10.1. The topological polar surface area (TPSA) is 66.4 Å². The molecule has 4 nitrogen and oxygen atoms in total. The van der Waals surface area contributed by atoms with Gasteiger partial charge in [-0.3, -0.25) is 4.18 Å². The summed E-state index contributed by atoms with van der Waals surface area (Å²) in [6.45, 7) is 0. The predicted octanol–water partition coefficient (Wildman–Crippen LogP) is -2.20. The molecule has 0 atom stereocenters. The molecule has 1 aliphatic carbocycles. The minimum atomic E-state index is -4.47. The molecule has 1 saturated carbocycles. The van der Waals surface area contributed by atoms with Crippen molar-refractivity contribution in [3.8, 4) is 0 Å². The molecular weight excluding hydrogens is 191 g/mol. The van der Waals surface area contributed by atoms with Gasteiger partial charge in [-0.25, -0.2) is 8.42 Å². The van der Waals surface area contributed by atoms with Gasteiger partial charge >= 0.3 is 29.6 Å². The maximum Gasteiger partial charge on any atom is 1.00 e. The van der Waals surface area contributed by atoms with E-state index in [1.54, 1.807) is 0 Å². The molecule has 12 heavy (non-hydrogen) atoms. The Hall–Kier alpha value is 0.870. The van der Waals surface area contributed by atoms with Crippen LogP contribution in [0.4, 0.5) is 0 Å². The van der Waals surface area contributed by atoms with E-state index < -0.39 is 10.4 Å².